The fraction of sp³-hybridized carbons (Fsp3) is 0.850. The van der Waals surface area contributed by atoms with Gasteiger partial charge < -0.3 is 25.0 Å². The number of alkyl carbamates (subject to hydrolysis) is 1. The van der Waals surface area contributed by atoms with E-state index in [1.165, 1.54) is 12.8 Å². The summed E-state index contributed by atoms with van der Waals surface area (Å²) in [6, 6.07) is -0.946. The third-order valence-electron chi connectivity index (χ3n) is 3.99. The van der Waals surface area contributed by atoms with Crippen LogP contribution in [0.1, 0.15) is 67.2 Å². The number of carbonyl (C=O) groups excluding carboxylic acids is 3. The molecule has 8 heteroatoms. The average Bonchev–Trinajstić information content (AvgIpc) is 3.01. The molecule has 0 aromatic heterocycles. The Morgan fingerprint density at radius 1 is 0.964 bits per heavy atom. The van der Waals surface area contributed by atoms with Gasteiger partial charge in [0.1, 0.15) is 17.2 Å². The van der Waals surface area contributed by atoms with E-state index in [4.69, 9.17) is 9.47 Å². The number of rotatable bonds is 8. The quantitative estimate of drug-likeness (QED) is 0.608. The van der Waals surface area contributed by atoms with E-state index in [9.17, 15) is 14.4 Å². The van der Waals surface area contributed by atoms with Crippen molar-refractivity contribution in [3.8, 4) is 0 Å². The van der Waals surface area contributed by atoms with Crippen LogP contribution in [0, 0.1) is 0 Å². The van der Waals surface area contributed by atoms with Crippen LogP contribution in [-0.4, -0.2) is 66.3 Å². The Bertz CT molecular complexity index is 531. The largest absolute Gasteiger partial charge is 0.458 e. The molecule has 0 aromatic rings. The molecule has 0 spiro atoms. The maximum absolute atomic E-state index is 12.4. The van der Waals surface area contributed by atoms with Crippen LogP contribution in [0.4, 0.5) is 4.79 Å². The van der Waals surface area contributed by atoms with Crippen molar-refractivity contribution >= 4 is 18.0 Å². The maximum Gasteiger partial charge on any atom is 0.408 e. The molecule has 0 aliphatic carbocycles. The van der Waals surface area contributed by atoms with Gasteiger partial charge in [-0.05, 0) is 73.9 Å². The summed E-state index contributed by atoms with van der Waals surface area (Å²) in [6.07, 6.45) is 1.96. The molecule has 0 saturated carbocycles. The van der Waals surface area contributed by atoms with Gasteiger partial charge in [0.15, 0.2) is 0 Å². The summed E-state index contributed by atoms with van der Waals surface area (Å²) in [4.78, 5) is 38.9. The lowest BCUT2D eigenvalue weighted by atomic mass is 10.1. The maximum atomic E-state index is 12.4. The van der Waals surface area contributed by atoms with Gasteiger partial charge in [-0.15, -0.1) is 0 Å². The number of carbonyl (C=O) groups is 3. The monoisotopic (exact) mass is 399 g/mol. The van der Waals surface area contributed by atoms with E-state index in [0.717, 1.165) is 19.6 Å². The summed E-state index contributed by atoms with van der Waals surface area (Å²) in [6.45, 7) is 14.0. The molecule has 2 amide bonds. The summed E-state index contributed by atoms with van der Waals surface area (Å²) in [5.41, 5.74) is -1.38. The smallest absolute Gasteiger partial charge is 0.408 e. The van der Waals surface area contributed by atoms with Crippen molar-refractivity contribution in [2.45, 2.75) is 84.5 Å². The Balaban J connectivity index is 2.51. The van der Waals surface area contributed by atoms with Crippen molar-refractivity contribution in [3.05, 3.63) is 0 Å². The van der Waals surface area contributed by atoms with Gasteiger partial charge >= 0.3 is 12.1 Å². The molecule has 0 bridgehead atoms. The van der Waals surface area contributed by atoms with E-state index in [0.29, 0.717) is 6.54 Å². The normalized spacial score (nSPS) is 16.4. The first kappa shape index (κ1) is 24.2. The first-order valence-corrected chi connectivity index (χ1v) is 10.1. The van der Waals surface area contributed by atoms with Gasteiger partial charge in [0.25, 0.3) is 0 Å². The molecule has 1 saturated heterocycles. The van der Waals surface area contributed by atoms with Crippen LogP contribution in [-0.2, 0) is 19.1 Å². The molecule has 1 heterocycles. The van der Waals surface area contributed by atoms with E-state index in [1.807, 2.05) is 0 Å². The Hall–Kier alpha value is -1.83. The number of hydrogen-bond acceptors (Lipinski definition) is 6. The molecular formula is C20H37N3O5. The highest BCUT2D eigenvalue weighted by molar-refractivity contribution is 5.83. The van der Waals surface area contributed by atoms with Gasteiger partial charge in [0.05, 0.1) is 0 Å². The van der Waals surface area contributed by atoms with Crippen LogP contribution in [0.15, 0.2) is 0 Å². The van der Waals surface area contributed by atoms with Crippen LogP contribution in [0.3, 0.4) is 0 Å². The second-order valence-electron chi connectivity index (χ2n) is 9.17. The lowest BCUT2D eigenvalue weighted by Gasteiger charge is -2.26. The van der Waals surface area contributed by atoms with Gasteiger partial charge in [-0.25, -0.2) is 9.59 Å². The van der Waals surface area contributed by atoms with Gasteiger partial charge in [-0.3, -0.25) is 4.79 Å². The summed E-state index contributed by atoms with van der Waals surface area (Å²) < 4.78 is 10.6. The SMILES string of the molecule is CC(C)(C)OC(=O)NC(CCC(=O)NCCN1CCCC1)C(=O)OC(C)(C)C. The molecular weight excluding hydrogens is 362 g/mol. The summed E-state index contributed by atoms with van der Waals surface area (Å²) in [5, 5.41) is 5.40. The molecule has 2 N–H and O–H groups in total. The van der Waals surface area contributed by atoms with Crippen molar-refractivity contribution in [3.63, 3.8) is 0 Å². The molecule has 0 radical (unpaired) electrons. The molecule has 0 aromatic carbocycles. The first-order valence-electron chi connectivity index (χ1n) is 10.1. The third kappa shape index (κ3) is 11.1. The van der Waals surface area contributed by atoms with Crippen molar-refractivity contribution in [2.75, 3.05) is 26.2 Å². The standard InChI is InChI=1S/C20H37N3O5/c1-19(2,3)27-17(25)15(22-18(26)28-20(4,5)6)9-10-16(24)21-11-14-23-12-7-8-13-23/h15H,7-14H2,1-6H3,(H,21,24)(H,22,26). The fourth-order valence-electron chi connectivity index (χ4n) is 2.80. The number of nitrogens with zero attached hydrogens (tertiary/aromatic N) is 1. The summed E-state index contributed by atoms with van der Waals surface area (Å²) >= 11 is 0. The minimum Gasteiger partial charge on any atom is -0.458 e. The van der Waals surface area contributed by atoms with Crippen LogP contribution in [0.2, 0.25) is 0 Å². The van der Waals surface area contributed by atoms with Crippen LogP contribution >= 0.6 is 0 Å². The Morgan fingerprint density at radius 2 is 1.54 bits per heavy atom. The van der Waals surface area contributed by atoms with E-state index >= 15 is 0 Å². The second kappa shape index (κ2) is 10.6. The predicted molar refractivity (Wildman–Crippen MR) is 107 cm³/mol. The molecule has 1 atom stereocenters. The third-order valence-corrected chi connectivity index (χ3v) is 3.99. The highest BCUT2D eigenvalue weighted by Gasteiger charge is 2.29. The number of ether oxygens (including phenoxy) is 2. The van der Waals surface area contributed by atoms with Crippen molar-refractivity contribution in [2.24, 2.45) is 0 Å². The van der Waals surface area contributed by atoms with Crippen LogP contribution < -0.4 is 10.6 Å². The number of nitrogens with one attached hydrogen (secondary N) is 2. The molecule has 1 rings (SSSR count). The zero-order valence-corrected chi connectivity index (χ0v) is 18.2. The number of hydrogen-bond donors (Lipinski definition) is 2. The minimum atomic E-state index is -0.946. The zero-order valence-electron chi connectivity index (χ0n) is 18.2. The Labute approximate surface area is 168 Å². The molecule has 28 heavy (non-hydrogen) atoms. The van der Waals surface area contributed by atoms with Gasteiger partial charge in [0, 0.05) is 19.5 Å². The predicted octanol–water partition coefficient (Wildman–Crippen LogP) is 2.21. The second-order valence-corrected chi connectivity index (χ2v) is 9.17. The van der Waals surface area contributed by atoms with Crippen LogP contribution in [0.25, 0.3) is 0 Å². The molecule has 162 valence electrons. The highest BCUT2D eigenvalue weighted by Crippen LogP contribution is 2.12. The zero-order chi connectivity index (χ0) is 21.4. The van der Waals surface area contributed by atoms with E-state index in [2.05, 4.69) is 15.5 Å². The molecule has 1 aliphatic rings. The van der Waals surface area contributed by atoms with Crippen molar-refractivity contribution < 1.29 is 23.9 Å². The summed E-state index contributed by atoms with van der Waals surface area (Å²) in [7, 11) is 0. The van der Waals surface area contributed by atoms with E-state index < -0.39 is 29.3 Å². The minimum absolute atomic E-state index is 0.111. The van der Waals surface area contributed by atoms with Crippen LogP contribution in [0.5, 0.6) is 0 Å². The molecule has 1 fully saturated rings. The Morgan fingerprint density at radius 3 is 2.07 bits per heavy atom. The topological polar surface area (TPSA) is 97.0 Å². The fourth-order valence-corrected chi connectivity index (χ4v) is 2.80. The molecule has 8 nitrogen and oxygen atoms in total. The van der Waals surface area contributed by atoms with Gasteiger partial charge in [-0.2, -0.15) is 0 Å². The lowest BCUT2D eigenvalue weighted by Crippen LogP contribution is -2.46. The summed E-state index contributed by atoms with van der Waals surface area (Å²) in [5.74, 6) is -0.734. The number of amides is 2. The lowest BCUT2D eigenvalue weighted by molar-refractivity contribution is -0.157. The molecule has 1 aliphatic heterocycles. The van der Waals surface area contributed by atoms with Crippen molar-refractivity contribution in [1.29, 1.82) is 0 Å². The number of esters is 1. The first-order chi connectivity index (χ1) is 12.9. The van der Waals surface area contributed by atoms with Gasteiger partial charge in [-0.1, -0.05) is 0 Å². The van der Waals surface area contributed by atoms with E-state index in [-0.39, 0.29) is 18.7 Å². The Kier molecular flexibility index (Phi) is 9.20. The van der Waals surface area contributed by atoms with Gasteiger partial charge in [0.2, 0.25) is 5.91 Å². The number of likely N-dealkylation sites (tertiary alicyclic amines) is 1. The highest BCUT2D eigenvalue weighted by atomic mass is 16.6. The van der Waals surface area contributed by atoms with E-state index in [1.54, 1.807) is 41.5 Å². The van der Waals surface area contributed by atoms with Crippen molar-refractivity contribution in [1.82, 2.24) is 15.5 Å². The molecule has 1 unspecified atom stereocenters. The average molecular weight is 400 g/mol.